The molecule has 0 radical (unpaired) electrons. The second kappa shape index (κ2) is 9.06. The Kier molecular flexibility index (Phi) is 6.49. The smallest absolute Gasteiger partial charge is 0.290 e. The Hall–Kier alpha value is -3.23. The van der Waals surface area contributed by atoms with Crippen molar-refractivity contribution in [1.29, 1.82) is 0 Å². The van der Waals surface area contributed by atoms with Crippen molar-refractivity contribution in [3.05, 3.63) is 42.5 Å². The first kappa shape index (κ1) is 21.5. The van der Waals surface area contributed by atoms with E-state index in [4.69, 9.17) is 9.90 Å². The second-order valence-corrected chi connectivity index (χ2v) is 7.73. The quantitative estimate of drug-likeness (QED) is 0.753. The Morgan fingerprint density at radius 1 is 1.23 bits per heavy atom. The molecule has 2 aromatic rings. The molecule has 2 saturated heterocycles. The summed E-state index contributed by atoms with van der Waals surface area (Å²) in [5.74, 6) is 0.136. The highest BCUT2D eigenvalue weighted by Gasteiger charge is 2.51. The van der Waals surface area contributed by atoms with E-state index < -0.39 is 5.41 Å². The van der Waals surface area contributed by atoms with Crippen molar-refractivity contribution < 1.29 is 19.5 Å². The van der Waals surface area contributed by atoms with Crippen molar-refractivity contribution >= 4 is 18.3 Å². The molecule has 2 atom stereocenters. The van der Waals surface area contributed by atoms with E-state index in [9.17, 15) is 9.59 Å². The van der Waals surface area contributed by atoms with Crippen molar-refractivity contribution in [2.24, 2.45) is 5.41 Å². The van der Waals surface area contributed by atoms with Crippen LogP contribution in [0, 0.1) is 5.41 Å². The van der Waals surface area contributed by atoms with Gasteiger partial charge in [0.05, 0.1) is 16.7 Å². The van der Waals surface area contributed by atoms with E-state index in [1.54, 1.807) is 11.0 Å². The molecule has 9 nitrogen and oxygen atoms in total. The molecule has 2 aliphatic rings. The number of carboxylic acid groups (broad SMARTS) is 1. The first-order chi connectivity index (χ1) is 14.5. The molecule has 1 aromatic heterocycles. The highest BCUT2D eigenvalue weighted by atomic mass is 16.3. The zero-order valence-electron chi connectivity index (χ0n) is 17.3. The lowest BCUT2D eigenvalue weighted by Gasteiger charge is -2.51. The molecule has 4 rings (SSSR count). The van der Waals surface area contributed by atoms with Crippen molar-refractivity contribution in [3.63, 3.8) is 0 Å². The summed E-state index contributed by atoms with van der Waals surface area (Å²) in [4.78, 5) is 42.6. The van der Waals surface area contributed by atoms with Crippen LogP contribution in [0.15, 0.2) is 36.9 Å². The average molecular weight is 413 g/mol. The molecule has 1 aromatic carbocycles. The molecule has 1 spiro atoms. The van der Waals surface area contributed by atoms with Crippen molar-refractivity contribution in [1.82, 2.24) is 24.6 Å². The van der Waals surface area contributed by atoms with Gasteiger partial charge in [0.15, 0.2) is 0 Å². The van der Waals surface area contributed by atoms with Crippen LogP contribution in [0.1, 0.15) is 43.0 Å². The fraction of sp³-hybridized carbons (Fsp3) is 0.476. The molecule has 2 fully saturated rings. The molecule has 0 saturated carbocycles. The van der Waals surface area contributed by atoms with E-state index in [2.05, 4.69) is 10.1 Å². The van der Waals surface area contributed by atoms with Gasteiger partial charge >= 0.3 is 0 Å². The summed E-state index contributed by atoms with van der Waals surface area (Å²) < 4.78 is 1.61. The summed E-state index contributed by atoms with van der Waals surface area (Å²) in [6, 6.07) is 7.30. The monoisotopic (exact) mass is 413 g/mol. The number of para-hydroxylation sites is 1. The number of rotatable bonds is 2. The molecule has 9 heteroatoms. The number of nitrogens with zero attached hydrogens (tertiary/aromatic N) is 5. The summed E-state index contributed by atoms with van der Waals surface area (Å²) in [5.41, 5.74) is 0.839. The van der Waals surface area contributed by atoms with Gasteiger partial charge in [-0.3, -0.25) is 14.4 Å². The zero-order chi connectivity index (χ0) is 21.7. The Morgan fingerprint density at radius 3 is 2.57 bits per heavy atom. The van der Waals surface area contributed by atoms with E-state index in [-0.39, 0.29) is 24.3 Å². The van der Waals surface area contributed by atoms with Crippen LogP contribution < -0.4 is 0 Å². The number of amides is 2. The van der Waals surface area contributed by atoms with Crippen LogP contribution in [0.3, 0.4) is 0 Å². The van der Waals surface area contributed by atoms with E-state index in [0.29, 0.717) is 17.8 Å². The van der Waals surface area contributed by atoms with Gasteiger partial charge in [-0.15, -0.1) is 0 Å². The van der Waals surface area contributed by atoms with Crippen LogP contribution in [0.25, 0.3) is 5.69 Å². The third-order valence-electron chi connectivity index (χ3n) is 6.24. The van der Waals surface area contributed by atoms with Crippen molar-refractivity contribution in [2.75, 3.05) is 20.1 Å². The first-order valence-corrected chi connectivity index (χ1v) is 10.0. The number of aromatic nitrogens is 3. The van der Waals surface area contributed by atoms with Gasteiger partial charge in [0.1, 0.15) is 12.7 Å². The third kappa shape index (κ3) is 3.79. The average Bonchev–Trinajstić information content (AvgIpc) is 3.28. The summed E-state index contributed by atoms with van der Waals surface area (Å²) in [5, 5.41) is 11.1. The maximum absolute atomic E-state index is 13.5. The van der Waals surface area contributed by atoms with Gasteiger partial charge in [0.2, 0.25) is 5.91 Å². The lowest BCUT2D eigenvalue weighted by atomic mass is 9.68. The lowest BCUT2D eigenvalue weighted by Crippen LogP contribution is -2.61. The predicted molar refractivity (Wildman–Crippen MR) is 109 cm³/mol. The van der Waals surface area contributed by atoms with Gasteiger partial charge in [-0.05, 0) is 44.7 Å². The standard InChI is InChI=1S/C20H25N5O2.CH2O2/c1-15-20(9-5-11-23(2)19(20)27)10-6-12-24(15)18(26)16-7-3-4-8-17(16)25-14-21-13-22-25;2-1-3/h3-4,7-8,13-15H,5-6,9-12H2,1-2H3;1H,(H,2,3)/t15-,20-;/m0./s1. The van der Waals surface area contributed by atoms with Gasteiger partial charge in [0.25, 0.3) is 12.4 Å². The van der Waals surface area contributed by atoms with Crippen molar-refractivity contribution in [2.45, 2.75) is 38.6 Å². The highest BCUT2D eigenvalue weighted by molar-refractivity contribution is 5.98. The number of piperidine rings is 2. The molecule has 160 valence electrons. The Labute approximate surface area is 175 Å². The van der Waals surface area contributed by atoms with Crippen molar-refractivity contribution in [3.8, 4) is 5.69 Å². The van der Waals surface area contributed by atoms with E-state index in [1.807, 2.05) is 48.0 Å². The van der Waals surface area contributed by atoms with Crippen LogP contribution in [0.2, 0.25) is 0 Å². The van der Waals surface area contributed by atoms with Crippen LogP contribution in [0.5, 0.6) is 0 Å². The molecule has 3 heterocycles. The zero-order valence-corrected chi connectivity index (χ0v) is 17.3. The fourth-order valence-corrected chi connectivity index (χ4v) is 4.72. The van der Waals surface area contributed by atoms with Gasteiger partial charge < -0.3 is 14.9 Å². The number of likely N-dealkylation sites (tertiary alicyclic amines) is 2. The molecule has 0 aliphatic carbocycles. The minimum absolute atomic E-state index is 0.0475. The normalized spacial score (nSPS) is 23.7. The van der Waals surface area contributed by atoms with E-state index >= 15 is 0 Å². The molecule has 2 amide bonds. The maximum atomic E-state index is 13.5. The molecule has 30 heavy (non-hydrogen) atoms. The topological polar surface area (TPSA) is 109 Å². The number of benzene rings is 1. The van der Waals surface area contributed by atoms with Gasteiger partial charge in [0, 0.05) is 26.2 Å². The molecule has 0 unspecified atom stereocenters. The maximum Gasteiger partial charge on any atom is 0.290 e. The first-order valence-electron chi connectivity index (χ1n) is 10.0. The summed E-state index contributed by atoms with van der Waals surface area (Å²) in [6.45, 7) is 3.26. The van der Waals surface area contributed by atoms with Gasteiger partial charge in [-0.25, -0.2) is 9.67 Å². The SMILES string of the molecule is C[C@@H]1N(C(=O)c2ccccc2-n2cncn2)CCC[C@@]12CCCN(C)C2=O.O=CO. The largest absolute Gasteiger partial charge is 0.483 e. The lowest BCUT2D eigenvalue weighted by molar-refractivity contribution is -0.152. The summed E-state index contributed by atoms with van der Waals surface area (Å²) >= 11 is 0. The number of hydrogen-bond acceptors (Lipinski definition) is 5. The molecule has 0 bridgehead atoms. The van der Waals surface area contributed by atoms with E-state index in [0.717, 1.165) is 32.2 Å². The number of hydrogen-bond donors (Lipinski definition) is 1. The fourth-order valence-electron chi connectivity index (χ4n) is 4.72. The van der Waals surface area contributed by atoms with Gasteiger partial charge in [-0.1, -0.05) is 12.1 Å². The van der Waals surface area contributed by atoms with Gasteiger partial charge in [-0.2, -0.15) is 5.10 Å². The minimum atomic E-state index is -0.455. The summed E-state index contributed by atoms with van der Waals surface area (Å²) in [6.07, 6.45) is 6.59. The Balaban J connectivity index is 0.000000806. The summed E-state index contributed by atoms with van der Waals surface area (Å²) in [7, 11) is 1.87. The van der Waals surface area contributed by atoms with Crippen LogP contribution in [-0.2, 0) is 9.59 Å². The predicted octanol–water partition coefficient (Wildman–Crippen LogP) is 1.83. The van der Waals surface area contributed by atoms with Crippen LogP contribution >= 0.6 is 0 Å². The molecule has 2 aliphatic heterocycles. The number of carbonyl (C=O) groups excluding carboxylic acids is 2. The third-order valence-corrected chi connectivity index (χ3v) is 6.24. The van der Waals surface area contributed by atoms with E-state index in [1.165, 1.54) is 6.33 Å². The molecule has 1 N–H and O–H groups in total. The van der Waals surface area contributed by atoms with Crippen LogP contribution in [-0.4, -0.2) is 74.1 Å². The van der Waals surface area contributed by atoms with Crippen LogP contribution in [0.4, 0.5) is 0 Å². The Bertz CT molecular complexity index is 897. The second-order valence-electron chi connectivity index (χ2n) is 7.73. The highest BCUT2D eigenvalue weighted by Crippen LogP contribution is 2.44. The molecular formula is C21H27N5O4. The molecular weight excluding hydrogens is 386 g/mol. The minimum Gasteiger partial charge on any atom is -0.483 e. The number of carbonyl (C=O) groups is 3. The Morgan fingerprint density at radius 2 is 1.90 bits per heavy atom.